The molecule has 0 fully saturated rings. The van der Waals surface area contributed by atoms with Gasteiger partial charge in [0.15, 0.2) is 5.82 Å². The van der Waals surface area contributed by atoms with E-state index in [1.54, 1.807) is 4.79 Å². The normalized spacial score (nSPS) is 15.1. The van der Waals surface area contributed by atoms with Gasteiger partial charge in [0, 0.05) is 5.56 Å². The van der Waals surface area contributed by atoms with Crippen molar-refractivity contribution in [1.82, 2.24) is 14.9 Å². The van der Waals surface area contributed by atoms with Crippen LogP contribution in [0.5, 0.6) is 0 Å². The van der Waals surface area contributed by atoms with E-state index in [2.05, 4.69) is 81.2 Å². The van der Waals surface area contributed by atoms with Crippen molar-refractivity contribution in [1.29, 1.82) is 0 Å². The fraction of sp³-hybridized carbons (Fsp3) is 0.304. The highest BCUT2D eigenvalue weighted by Crippen LogP contribution is 2.27. The highest BCUT2D eigenvalue weighted by Gasteiger charge is 2.25. The van der Waals surface area contributed by atoms with Gasteiger partial charge in [-0.1, -0.05) is 62.7 Å². The highest BCUT2D eigenvalue weighted by atomic mass is 15.6. The van der Waals surface area contributed by atoms with Crippen molar-refractivity contribution in [2.45, 2.75) is 47.0 Å². The molecule has 0 radical (unpaired) electrons. The van der Waals surface area contributed by atoms with E-state index >= 15 is 0 Å². The predicted molar refractivity (Wildman–Crippen MR) is 115 cm³/mol. The number of aromatic nitrogens is 3. The molecule has 1 aliphatic rings. The lowest BCUT2D eigenvalue weighted by atomic mass is 9.87. The third-order valence-corrected chi connectivity index (χ3v) is 4.98. The predicted octanol–water partition coefficient (Wildman–Crippen LogP) is 5.22. The monoisotopic (exact) mass is 371 g/mol. The van der Waals surface area contributed by atoms with E-state index in [0.29, 0.717) is 11.6 Å². The molecule has 1 aliphatic heterocycles. The van der Waals surface area contributed by atoms with Gasteiger partial charge in [-0.3, -0.25) is 0 Å². The maximum absolute atomic E-state index is 4.84. The largest absolute Gasteiger partial charge is 0.243 e. The van der Waals surface area contributed by atoms with Crippen molar-refractivity contribution in [2.24, 2.45) is 10.1 Å². The molecule has 2 aromatic carbocycles. The second kappa shape index (κ2) is 6.51. The maximum atomic E-state index is 4.84. The van der Waals surface area contributed by atoms with Gasteiger partial charge in [0.1, 0.15) is 5.71 Å². The van der Waals surface area contributed by atoms with Gasteiger partial charge in [0.05, 0.1) is 11.4 Å². The first kappa shape index (κ1) is 18.3. The zero-order valence-electron chi connectivity index (χ0n) is 17.3. The summed E-state index contributed by atoms with van der Waals surface area (Å²) in [5.41, 5.74) is 7.28. The molecule has 1 aromatic heterocycles. The molecule has 28 heavy (non-hydrogen) atoms. The van der Waals surface area contributed by atoms with Crippen LogP contribution in [0.1, 0.15) is 50.2 Å². The summed E-state index contributed by atoms with van der Waals surface area (Å²) in [6, 6.07) is 14.7. The number of aliphatic imine (C=N–C) groups is 1. The van der Waals surface area contributed by atoms with Gasteiger partial charge in [-0.15, -0.1) is 9.89 Å². The molecule has 5 heteroatoms. The Morgan fingerprint density at radius 3 is 2.29 bits per heavy atom. The fourth-order valence-corrected chi connectivity index (χ4v) is 3.30. The maximum Gasteiger partial charge on any atom is 0.204 e. The van der Waals surface area contributed by atoms with Crippen molar-refractivity contribution in [2.75, 3.05) is 0 Å². The second-order valence-corrected chi connectivity index (χ2v) is 8.41. The van der Waals surface area contributed by atoms with E-state index in [1.165, 1.54) is 11.1 Å². The lowest BCUT2D eigenvalue weighted by Crippen LogP contribution is -2.10. The van der Waals surface area contributed by atoms with Crippen LogP contribution in [0.25, 0.3) is 11.4 Å². The van der Waals surface area contributed by atoms with Crippen LogP contribution in [0.15, 0.2) is 52.6 Å². The Kier molecular flexibility index (Phi) is 4.26. The van der Waals surface area contributed by atoms with E-state index in [4.69, 9.17) is 9.98 Å². The number of rotatable bonds is 2. The average molecular weight is 371 g/mol. The molecule has 2 heterocycles. The van der Waals surface area contributed by atoms with Crippen molar-refractivity contribution < 1.29 is 0 Å². The lowest BCUT2D eigenvalue weighted by molar-refractivity contribution is 0.590. The van der Waals surface area contributed by atoms with Crippen LogP contribution in [0, 0.1) is 13.8 Å². The SMILES string of the molecule is CC1=Nn2nc(-c3ccc(C(C)(C)C)cc3)nc2/C1=N\c1ccc(C)cc1C. The van der Waals surface area contributed by atoms with E-state index < -0.39 is 0 Å². The molecule has 0 atom stereocenters. The Balaban J connectivity index is 1.72. The Morgan fingerprint density at radius 1 is 0.929 bits per heavy atom. The van der Waals surface area contributed by atoms with Gasteiger partial charge in [0.25, 0.3) is 0 Å². The van der Waals surface area contributed by atoms with Gasteiger partial charge in [-0.25, -0.2) is 9.98 Å². The molecular weight excluding hydrogens is 346 g/mol. The highest BCUT2D eigenvalue weighted by molar-refractivity contribution is 6.48. The van der Waals surface area contributed by atoms with Crippen LogP contribution in [0.2, 0.25) is 0 Å². The Hall–Kier alpha value is -3.08. The lowest BCUT2D eigenvalue weighted by Gasteiger charge is -2.18. The summed E-state index contributed by atoms with van der Waals surface area (Å²) in [5.74, 6) is 1.35. The molecule has 0 amide bonds. The van der Waals surface area contributed by atoms with Crippen LogP contribution in [-0.2, 0) is 5.41 Å². The molecule has 3 aromatic rings. The van der Waals surface area contributed by atoms with Crippen molar-refractivity contribution in [3.63, 3.8) is 0 Å². The first-order valence-corrected chi connectivity index (χ1v) is 9.52. The quantitative estimate of drug-likeness (QED) is 0.620. The van der Waals surface area contributed by atoms with Crippen LogP contribution >= 0.6 is 0 Å². The molecular formula is C23H25N5. The zero-order valence-corrected chi connectivity index (χ0v) is 17.3. The summed E-state index contributed by atoms with van der Waals surface area (Å²) in [6.07, 6.45) is 0. The summed E-state index contributed by atoms with van der Waals surface area (Å²) in [4.78, 5) is 11.2. The van der Waals surface area contributed by atoms with Crippen LogP contribution in [0.3, 0.4) is 0 Å². The van der Waals surface area contributed by atoms with Crippen LogP contribution < -0.4 is 0 Å². The number of nitrogens with zero attached hydrogens (tertiary/aromatic N) is 5. The minimum absolute atomic E-state index is 0.120. The summed E-state index contributed by atoms with van der Waals surface area (Å²) < 4.78 is 0. The smallest absolute Gasteiger partial charge is 0.204 e. The van der Waals surface area contributed by atoms with E-state index in [-0.39, 0.29) is 5.41 Å². The first-order chi connectivity index (χ1) is 13.2. The van der Waals surface area contributed by atoms with Crippen LogP contribution in [-0.4, -0.2) is 26.3 Å². The molecule has 0 saturated heterocycles. The topological polar surface area (TPSA) is 55.4 Å². The van der Waals surface area contributed by atoms with E-state index in [0.717, 1.165) is 28.2 Å². The fourth-order valence-electron chi connectivity index (χ4n) is 3.30. The third-order valence-electron chi connectivity index (χ3n) is 4.98. The minimum Gasteiger partial charge on any atom is -0.243 e. The molecule has 142 valence electrons. The summed E-state index contributed by atoms with van der Waals surface area (Å²) in [6.45, 7) is 12.7. The molecule has 0 aliphatic carbocycles. The van der Waals surface area contributed by atoms with Gasteiger partial charge in [-0.05, 0) is 43.4 Å². The zero-order chi connectivity index (χ0) is 20.1. The van der Waals surface area contributed by atoms with Gasteiger partial charge in [0.2, 0.25) is 5.82 Å². The summed E-state index contributed by atoms with van der Waals surface area (Å²) in [5, 5.41) is 9.08. The van der Waals surface area contributed by atoms with Gasteiger partial charge in [-0.2, -0.15) is 5.10 Å². The average Bonchev–Trinajstić information content (AvgIpc) is 3.15. The molecule has 0 N–H and O–H groups in total. The van der Waals surface area contributed by atoms with Crippen LogP contribution in [0.4, 0.5) is 5.69 Å². The molecule has 5 nitrogen and oxygen atoms in total. The van der Waals surface area contributed by atoms with Gasteiger partial charge >= 0.3 is 0 Å². The Labute approximate surface area is 165 Å². The number of hydrogen-bond donors (Lipinski definition) is 0. The number of benzene rings is 2. The second-order valence-electron chi connectivity index (χ2n) is 8.41. The molecule has 0 unspecified atom stereocenters. The number of hydrogen-bond acceptors (Lipinski definition) is 4. The molecule has 0 saturated carbocycles. The Morgan fingerprint density at radius 2 is 1.64 bits per heavy atom. The molecule has 4 rings (SSSR count). The van der Waals surface area contributed by atoms with E-state index in [9.17, 15) is 0 Å². The molecule has 0 spiro atoms. The van der Waals surface area contributed by atoms with Crippen molar-refractivity contribution >= 4 is 17.1 Å². The first-order valence-electron chi connectivity index (χ1n) is 9.52. The number of fused-ring (bicyclic) bond motifs is 1. The van der Waals surface area contributed by atoms with E-state index in [1.807, 2.05) is 13.0 Å². The molecule has 0 bridgehead atoms. The van der Waals surface area contributed by atoms with Gasteiger partial charge < -0.3 is 0 Å². The Bertz CT molecular complexity index is 1110. The van der Waals surface area contributed by atoms with Crippen molar-refractivity contribution in [3.8, 4) is 11.4 Å². The minimum atomic E-state index is 0.120. The van der Waals surface area contributed by atoms with Crippen molar-refractivity contribution in [3.05, 3.63) is 65.0 Å². The summed E-state index contributed by atoms with van der Waals surface area (Å²) >= 11 is 0. The standard InChI is InChI=1S/C23H25N5/c1-14-7-12-19(15(2)13-14)24-20-16(3)26-28-22(20)25-21(27-28)17-8-10-18(11-9-17)23(4,5)6/h7-13H,1-6H3/b24-20-. The summed E-state index contributed by atoms with van der Waals surface area (Å²) in [7, 11) is 0. The number of aryl methyl sites for hydroxylation is 2. The third kappa shape index (κ3) is 3.28.